The predicted octanol–water partition coefficient (Wildman–Crippen LogP) is 32.1. The zero-order valence-corrected chi connectivity index (χ0v) is 71.8. The average Bonchev–Trinajstić information content (AvgIpc) is 1.01. The van der Waals surface area contributed by atoms with Crippen LogP contribution in [0.3, 0.4) is 0 Å². The SMILES string of the molecule is c1ccc(-c2nc(-c3ccc4c(c3)sc3ccccc34)nc(-c3ccc4ccc5c6ccccc6ccc5c4c3)n2)cc1.c1ccc(-c2nc(-c3ccc4ccc5c6ccccc6ccc5c4c3)nc(-c3cccc4c3oc3ccccc34)n2)cc1.c1ccc(-c2nc(-c3ccccc3)nc(-c3ccc(-c4ccc5ccc6c7ccccc7ccc6c5c4)c4ccccc34)n2)cc1. The number of rotatable bonds is 10. The summed E-state index contributed by atoms with van der Waals surface area (Å²) in [6.45, 7) is 0. The lowest BCUT2D eigenvalue weighted by atomic mass is 9.91. The van der Waals surface area contributed by atoms with Crippen LogP contribution in [0.2, 0.25) is 0 Å². The molecule has 0 spiro atoms. The molecule has 27 aromatic rings. The van der Waals surface area contributed by atoms with Crippen LogP contribution in [0.5, 0.6) is 0 Å². The lowest BCUT2D eigenvalue weighted by Crippen LogP contribution is -2.00. The van der Waals surface area contributed by atoms with Crippen LogP contribution in [-0.2, 0) is 0 Å². The van der Waals surface area contributed by atoms with E-state index in [2.05, 4.69) is 303 Å². The maximum Gasteiger partial charge on any atom is 0.167 e. The number of furan rings is 1. The molecule has 0 saturated heterocycles. The molecule has 5 heterocycles. The second-order valence-electron chi connectivity index (χ2n) is 33.3. The first-order valence-corrected chi connectivity index (χ1v) is 45.1. The molecule has 11 heteroatoms. The minimum Gasteiger partial charge on any atom is -0.455 e. The van der Waals surface area contributed by atoms with Gasteiger partial charge in [0.2, 0.25) is 0 Å². The van der Waals surface area contributed by atoms with E-state index >= 15 is 0 Å². The molecule has 0 saturated carbocycles. The van der Waals surface area contributed by atoms with Gasteiger partial charge in [-0.3, -0.25) is 0 Å². The Hall–Kier alpha value is -17.5. The van der Waals surface area contributed by atoms with Crippen LogP contribution in [0.15, 0.2) is 447 Å². The zero-order valence-electron chi connectivity index (χ0n) is 71.0. The van der Waals surface area contributed by atoms with Gasteiger partial charge in [-0.15, -0.1) is 11.3 Å². The molecule has 0 aliphatic rings. The van der Waals surface area contributed by atoms with Crippen LogP contribution in [0.4, 0.5) is 0 Å². The van der Waals surface area contributed by atoms with E-state index in [9.17, 15) is 0 Å². The molecule has 0 amide bonds. The second kappa shape index (κ2) is 32.4. The van der Waals surface area contributed by atoms with E-state index in [-0.39, 0.29) is 0 Å². The lowest BCUT2D eigenvalue weighted by molar-refractivity contribution is 0.669. The van der Waals surface area contributed by atoms with Gasteiger partial charge in [-0.1, -0.05) is 394 Å². The molecule has 614 valence electrons. The van der Waals surface area contributed by atoms with Gasteiger partial charge in [-0.25, -0.2) is 44.9 Å². The van der Waals surface area contributed by atoms with Gasteiger partial charge in [0.25, 0.3) is 0 Å². The van der Waals surface area contributed by atoms with E-state index in [0.717, 1.165) is 82.8 Å². The molecule has 5 aromatic heterocycles. The van der Waals surface area contributed by atoms with Crippen molar-refractivity contribution in [2.24, 2.45) is 0 Å². The molecule has 0 N–H and O–H groups in total. The highest BCUT2D eigenvalue weighted by Gasteiger charge is 2.23. The summed E-state index contributed by atoms with van der Waals surface area (Å²) in [7, 11) is 0. The minimum absolute atomic E-state index is 0.581. The van der Waals surface area contributed by atoms with Gasteiger partial charge < -0.3 is 4.42 Å². The summed E-state index contributed by atoms with van der Waals surface area (Å²) >= 11 is 1.80. The van der Waals surface area contributed by atoms with Crippen molar-refractivity contribution in [3.8, 4) is 114 Å². The number of para-hydroxylation sites is 2. The Morgan fingerprint density at radius 3 is 0.886 bits per heavy atom. The average molecular weight is 1700 g/mol. The van der Waals surface area contributed by atoms with Crippen LogP contribution in [0, 0.1) is 0 Å². The Balaban J connectivity index is 0.000000106. The maximum absolute atomic E-state index is 6.37. The fourth-order valence-electron chi connectivity index (χ4n) is 19.1. The molecule has 0 aliphatic heterocycles. The maximum atomic E-state index is 6.37. The predicted molar refractivity (Wildman–Crippen MR) is 549 cm³/mol. The van der Waals surface area contributed by atoms with Crippen molar-refractivity contribution in [2.75, 3.05) is 0 Å². The Morgan fingerprint density at radius 1 is 0.144 bits per heavy atom. The van der Waals surface area contributed by atoms with Crippen LogP contribution >= 0.6 is 11.3 Å². The normalized spacial score (nSPS) is 11.6. The molecule has 0 atom stereocenters. The quantitative estimate of drug-likeness (QED) is 0.122. The van der Waals surface area contributed by atoms with Crippen molar-refractivity contribution in [3.05, 3.63) is 443 Å². The number of nitrogens with zero attached hydrogens (tertiary/aromatic N) is 9. The standard InChI is InChI=1S/C43H27N3.C39H23N3O.C39H23N3S/c1-3-12-30(13-4-1)41-44-42(31-14-5-2-6-15-31)46-43(45-41)39-26-25-34(35-17-9-10-18-36(35)39)32-20-19-29-22-23-37-33-16-8-7-11-28(33)21-24-38(37)40(29)27-32;1-2-10-26(11-3-1)37-40-38(42-39(41-37)33-15-8-14-32-31-13-6-7-16-35(31)43-36(32)33)27-18-17-25-20-21-29-28-12-5-4-9-24(28)19-22-30(29)34(25)23-27;1-2-9-26(10-3-1)37-40-38(42-39(41-37)28-18-21-33-32-12-6-7-13-35(32)43-36(33)23-28)27-15-14-25-17-19-30-29-11-5-4-8-24(29)16-20-31(30)34(25)22-27/h1-27H;2*1-23H. The molecular weight excluding hydrogens is 1630 g/mol. The Bertz CT molecular complexity index is 9250. The van der Waals surface area contributed by atoms with Crippen molar-refractivity contribution >= 4 is 161 Å². The fourth-order valence-corrected chi connectivity index (χ4v) is 20.2. The summed E-state index contributed by atoms with van der Waals surface area (Å²) in [6.07, 6.45) is 0. The summed E-state index contributed by atoms with van der Waals surface area (Å²) < 4.78 is 8.88. The van der Waals surface area contributed by atoms with E-state index in [1.807, 2.05) is 140 Å². The number of thiophene rings is 1. The van der Waals surface area contributed by atoms with Crippen molar-refractivity contribution in [1.82, 2.24) is 44.9 Å². The van der Waals surface area contributed by atoms with Crippen molar-refractivity contribution in [3.63, 3.8) is 0 Å². The van der Waals surface area contributed by atoms with Crippen LogP contribution < -0.4 is 0 Å². The van der Waals surface area contributed by atoms with Crippen LogP contribution in [0.1, 0.15) is 0 Å². The highest BCUT2D eigenvalue weighted by atomic mass is 32.1. The van der Waals surface area contributed by atoms with Crippen molar-refractivity contribution < 1.29 is 4.42 Å². The highest BCUT2D eigenvalue weighted by molar-refractivity contribution is 7.25. The Kier molecular flexibility index (Phi) is 18.9. The van der Waals surface area contributed by atoms with Gasteiger partial charge >= 0.3 is 0 Å². The van der Waals surface area contributed by atoms with Gasteiger partial charge in [0.15, 0.2) is 52.4 Å². The van der Waals surface area contributed by atoms with E-state index in [0.29, 0.717) is 52.4 Å². The number of hydrogen-bond donors (Lipinski definition) is 0. The largest absolute Gasteiger partial charge is 0.455 e. The van der Waals surface area contributed by atoms with Crippen molar-refractivity contribution in [1.29, 1.82) is 0 Å². The van der Waals surface area contributed by atoms with Gasteiger partial charge in [0.05, 0.1) is 5.56 Å². The molecule has 0 radical (unpaired) electrons. The van der Waals surface area contributed by atoms with Crippen molar-refractivity contribution in [2.45, 2.75) is 0 Å². The van der Waals surface area contributed by atoms with E-state index in [1.165, 1.54) is 128 Å². The minimum atomic E-state index is 0.581. The summed E-state index contributed by atoms with van der Waals surface area (Å²) in [5.74, 6) is 5.81. The fraction of sp³-hybridized carbons (Fsp3) is 0. The molecule has 0 aliphatic carbocycles. The van der Waals surface area contributed by atoms with Gasteiger partial charge in [0, 0.05) is 75.5 Å². The van der Waals surface area contributed by atoms with E-state index in [1.54, 1.807) is 11.3 Å². The number of benzene rings is 22. The summed E-state index contributed by atoms with van der Waals surface area (Å²) in [4.78, 5) is 45.1. The lowest BCUT2D eigenvalue weighted by Gasteiger charge is -2.14. The summed E-state index contributed by atoms with van der Waals surface area (Å²) in [5.41, 5.74) is 12.5. The zero-order chi connectivity index (χ0) is 87.1. The van der Waals surface area contributed by atoms with Gasteiger partial charge in [-0.05, 0) is 167 Å². The number of fused-ring (bicyclic) bond motifs is 22. The molecule has 0 bridgehead atoms. The first-order valence-electron chi connectivity index (χ1n) is 44.3. The monoisotopic (exact) mass is 1700 g/mol. The molecule has 0 unspecified atom stereocenters. The topological polar surface area (TPSA) is 129 Å². The second-order valence-corrected chi connectivity index (χ2v) is 34.4. The smallest absolute Gasteiger partial charge is 0.167 e. The molecule has 0 fully saturated rings. The number of hydrogen-bond acceptors (Lipinski definition) is 11. The molecular formula is C121H73N9OS. The first kappa shape index (κ1) is 76.9. The van der Waals surface area contributed by atoms with Gasteiger partial charge in [-0.2, -0.15) is 0 Å². The summed E-state index contributed by atoms with van der Waals surface area (Å²) in [5, 5.41) is 29.2. The summed E-state index contributed by atoms with van der Waals surface area (Å²) in [6, 6.07) is 155. The van der Waals surface area contributed by atoms with E-state index < -0.39 is 0 Å². The third kappa shape index (κ3) is 13.9. The Morgan fingerprint density at radius 2 is 0.432 bits per heavy atom. The Labute approximate surface area is 761 Å². The molecule has 27 rings (SSSR count). The molecule has 132 heavy (non-hydrogen) atoms. The van der Waals surface area contributed by atoms with Gasteiger partial charge in [0.1, 0.15) is 11.2 Å². The van der Waals surface area contributed by atoms with Crippen LogP contribution in [0.25, 0.3) is 263 Å². The number of aromatic nitrogens is 9. The highest BCUT2D eigenvalue weighted by Crippen LogP contribution is 2.44. The molecule has 22 aromatic carbocycles. The third-order valence-corrected chi connectivity index (χ3v) is 26.7. The van der Waals surface area contributed by atoms with Crippen LogP contribution in [-0.4, -0.2) is 44.9 Å². The first-order chi connectivity index (χ1) is 65.4. The van der Waals surface area contributed by atoms with E-state index in [4.69, 9.17) is 49.3 Å². The molecule has 10 nitrogen and oxygen atoms in total. The third-order valence-electron chi connectivity index (χ3n) is 25.5.